The molecule has 6 nitrogen and oxygen atoms in total. The van der Waals surface area contributed by atoms with Gasteiger partial charge in [-0.3, -0.25) is 9.59 Å². The molecular weight excluding hydrogens is 330 g/mol. The van der Waals surface area contributed by atoms with E-state index in [1.807, 2.05) is 13.0 Å². The number of benzene rings is 2. The molecule has 2 aromatic rings. The first-order chi connectivity index (χ1) is 12.5. The zero-order valence-corrected chi connectivity index (χ0v) is 14.6. The van der Waals surface area contributed by atoms with E-state index >= 15 is 0 Å². The maximum atomic E-state index is 12.2. The van der Waals surface area contributed by atoms with E-state index in [1.54, 1.807) is 48.5 Å². The molecule has 0 bridgehead atoms. The molecule has 1 amide bonds. The number of hydrogen-bond donors (Lipinski definition) is 2. The Kier molecular flexibility index (Phi) is 6.52. The molecule has 0 aliphatic carbocycles. The third-order valence-corrected chi connectivity index (χ3v) is 3.46. The molecule has 132 valence electrons. The molecule has 2 aromatic carbocycles. The largest absolute Gasteiger partial charge is 0.494 e. The normalized spacial score (nSPS) is 10.6. The van der Waals surface area contributed by atoms with Crippen molar-refractivity contribution in [2.45, 2.75) is 13.8 Å². The Balaban J connectivity index is 2.02. The van der Waals surface area contributed by atoms with Gasteiger partial charge in [0, 0.05) is 23.1 Å². The number of ketones is 1. The average molecular weight is 349 g/mol. The smallest absolute Gasteiger partial charge is 0.267 e. The number of nitrogens with zero attached hydrogens (tertiary/aromatic N) is 1. The fraction of sp³-hybridized carbons (Fsp3) is 0.150. The van der Waals surface area contributed by atoms with Gasteiger partial charge >= 0.3 is 0 Å². The van der Waals surface area contributed by atoms with Crippen LogP contribution in [0.1, 0.15) is 24.2 Å². The van der Waals surface area contributed by atoms with E-state index in [0.717, 1.165) is 11.4 Å². The summed E-state index contributed by atoms with van der Waals surface area (Å²) in [7, 11) is 0. The number of carbonyl (C=O) groups is 2. The van der Waals surface area contributed by atoms with E-state index in [1.165, 1.54) is 13.1 Å². The number of ether oxygens (including phenoxy) is 1. The molecule has 0 aromatic heterocycles. The van der Waals surface area contributed by atoms with E-state index in [2.05, 4.69) is 10.6 Å². The highest BCUT2D eigenvalue weighted by Gasteiger charge is 2.09. The van der Waals surface area contributed by atoms with E-state index < -0.39 is 5.91 Å². The van der Waals surface area contributed by atoms with Crippen molar-refractivity contribution in [2.24, 2.45) is 0 Å². The second-order valence-electron chi connectivity index (χ2n) is 5.36. The summed E-state index contributed by atoms with van der Waals surface area (Å²) in [6, 6.07) is 15.5. The van der Waals surface area contributed by atoms with Gasteiger partial charge in [0.1, 0.15) is 17.4 Å². The van der Waals surface area contributed by atoms with Crippen molar-refractivity contribution in [3.05, 3.63) is 65.9 Å². The Labute approximate surface area is 152 Å². The summed E-state index contributed by atoms with van der Waals surface area (Å²) in [6.07, 6.45) is 1.34. The number of rotatable bonds is 7. The Bertz CT molecular complexity index is 847. The third kappa shape index (κ3) is 5.21. The second kappa shape index (κ2) is 9.04. The van der Waals surface area contributed by atoms with Crippen molar-refractivity contribution < 1.29 is 14.3 Å². The number of carbonyl (C=O) groups excluding carboxylic acids is 2. The van der Waals surface area contributed by atoms with Crippen LogP contribution in [0.15, 0.2) is 60.3 Å². The molecule has 0 radical (unpaired) electrons. The molecule has 0 saturated heterocycles. The van der Waals surface area contributed by atoms with E-state index in [4.69, 9.17) is 4.74 Å². The first-order valence-corrected chi connectivity index (χ1v) is 8.05. The number of amides is 1. The van der Waals surface area contributed by atoms with Crippen LogP contribution in [0, 0.1) is 11.3 Å². The number of nitrogens with one attached hydrogen (secondary N) is 2. The van der Waals surface area contributed by atoms with Crippen molar-refractivity contribution in [1.29, 1.82) is 5.26 Å². The van der Waals surface area contributed by atoms with Gasteiger partial charge in [-0.15, -0.1) is 0 Å². The summed E-state index contributed by atoms with van der Waals surface area (Å²) in [6.45, 7) is 3.95. The molecule has 0 fully saturated rings. The Morgan fingerprint density at radius 3 is 2.23 bits per heavy atom. The van der Waals surface area contributed by atoms with Crippen molar-refractivity contribution in [1.82, 2.24) is 0 Å². The highest BCUT2D eigenvalue weighted by molar-refractivity contribution is 6.07. The molecule has 2 rings (SSSR count). The number of Topliss-reactive ketones (excluding diaryl/α,β-unsaturated/α-hetero) is 1. The summed E-state index contributed by atoms with van der Waals surface area (Å²) in [5.74, 6) is 0.149. The number of nitriles is 1. The van der Waals surface area contributed by atoms with Gasteiger partial charge in [0.05, 0.1) is 6.61 Å². The zero-order valence-electron chi connectivity index (χ0n) is 14.6. The molecule has 0 spiro atoms. The first-order valence-electron chi connectivity index (χ1n) is 8.05. The molecule has 6 heteroatoms. The minimum atomic E-state index is -0.540. The SMILES string of the molecule is CCOc1ccc(N/C=C(/C#N)C(=O)Nc2ccc(C(C)=O)cc2)cc1. The molecule has 0 heterocycles. The molecule has 26 heavy (non-hydrogen) atoms. The van der Waals surface area contributed by atoms with Gasteiger partial charge < -0.3 is 15.4 Å². The topological polar surface area (TPSA) is 91.2 Å². The molecule has 0 unspecified atom stereocenters. The predicted molar refractivity (Wildman–Crippen MR) is 100 cm³/mol. The number of hydrogen-bond acceptors (Lipinski definition) is 5. The fourth-order valence-corrected chi connectivity index (χ4v) is 2.10. The van der Waals surface area contributed by atoms with Crippen molar-refractivity contribution in [3.63, 3.8) is 0 Å². The van der Waals surface area contributed by atoms with Crippen LogP contribution in [0.25, 0.3) is 0 Å². The average Bonchev–Trinajstić information content (AvgIpc) is 2.64. The monoisotopic (exact) mass is 349 g/mol. The lowest BCUT2D eigenvalue weighted by molar-refractivity contribution is -0.112. The van der Waals surface area contributed by atoms with Gasteiger partial charge in [-0.25, -0.2) is 0 Å². The molecule has 0 saturated carbocycles. The van der Waals surface area contributed by atoms with Gasteiger partial charge in [0.15, 0.2) is 5.78 Å². The fourth-order valence-electron chi connectivity index (χ4n) is 2.10. The Hall–Kier alpha value is -3.59. The van der Waals surface area contributed by atoms with Gasteiger partial charge in [0.25, 0.3) is 5.91 Å². The maximum Gasteiger partial charge on any atom is 0.267 e. The van der Waals surface area contributed by atoms with Crippen molar-refractivity contribution in [2.75, 3.05) is 17.2 Å². The van der Waals surface area contributed by atoms with Crippen LogP contribution in [-0.4, -0.2) is 18.3 Å². The van der Waals surface area contributed by atoms with Gasteiger partial charge in [-0.1, -0.05) is 0 Å². The number of anilines is 2. The second-order valence-corrected chi connectivity index (χ2v) is 5.36. The summed E-state index contributed by atoms with van der Waals surface area (Å²) in [5.41, 5.74) is 1.70. The van der Waals surface area contributed by atoms with Crippen LogP contribution in [0.4, 0.5) is 11.4 Å². The van der Waals surface area contributed by atoms with Crippen LogP contribution in [0.2, 0.25) is 0 Å². The van der Waals surface area contributed by atoms with Crippen LogP contribution in [0.3, 0.4) is 0 Å². The maximum absolute atomic E-state index is 12.2. The van der Waals surface area contributed by atoms with Gasteiger partial charge in [-0.2, -0.15) is 5.26 Å². The highest BCUT2D eigenvalue weighted by atomic mass is 16.5. The van der Waals surface area contributed by atoms with Gasteiger partial charge in [0.2, 0.25) is 0 Å². The van der Waals surface area contributed by atoms with Crippen molar-refractivity contribution >= 4 is 23.1 Å². The summed E-state index contributed by atoms with van der Waals surface area (Å²) in [4.78, 5) is 23.4. The Morgan fingerprint density at radius 2 is 1.69 bits per heavy atom. The van der Waals surface area contributed by atoms with Crippen molar-refractivity contribution in [3.8, 4) is 11.8 Å². The quantitative estimate of drug-likeness (QED) is 0.451. The zero-order chi connectivity index (χ0) is 18.9. The molecule has 0 atom stereocenters. The lowest BCUT2D eigenvalue weighted by Gasteiger charge is -2.07. The predicted octanol–water partition coefficient (Wildman–Crippen LogP) is 3.75. The van der Waals surface area contributed by atoms with Crippen LogP contribution in [-0.2, 0) is 4.79 Å². The van der Waals surface area contributed by atoms with Crippen LogP contribution in [0.5, 0.6) is 5.75 Å². The summed E-state index contributed by atoms with van der Waals surface area (Å²) < 4.78 is 5.35. The first kappa shape index (κ1) is 18.7. The molecule has 2 N–H and O–H groups in total. The van der Waals surface area contributed by atoms with E-state index in [9.17, 15) is 14.9 Å². The van der Waals surface area contributed by atoms with Crippen LogP contribution < -0.4 is 15.4 Å². The molecule has 0 aliphatic heterocycles. The Morgan fingerprint density at radius 1 is 1.08 bits per heavy atom. The highest BCUT2D eigenvalue weighted by Crippen LogP contribution is 2.16. The lowest BCUT2D eigenvalue weighted by atomic mass is 10.1. The standard InChI is InChI=1S/C20H19N3O3/c1-3-26-19-10-8-17(9-11-19)22-13-16(12-21)20(25)23-18-6-4-15(5-7-18)14(2)24/h4-11,13,22H,3H2,1-2H3,(H,23,25)/b16-13-. The summed E-state index contributed by atoms with van der Waals surface area (Å²) in [5, 5.41) is 14.7. The molecule has 0 aliphatic rings. The third-order valence-electron chi connectivity index (χ3n) is 3.46. The summed E-state index contributed by atoms with van der Waals surface area (Å²) >= 11 is 0. The minimum absolute atomic E-state index is 0.0555. The van der Waals surface area contributed by atoms with Crippen LogP contribution >= 0.6 is 0 Å². The van der Waals surface area contributed by atoms with Gasteiger partial charge in [-0.05, 0) is 62.4 Å². The molecular formula is C20H19N3O3. The lowest BCUT2D eigenvalue weighted by Crippen LogP contribution is -2.14. The minimum Gasteiger partial charge on any atom is -0.494 e. The van der Waals surface area contributed by atoms with E-state index in [0.29, 0.717) is 17.9 Å². The van der Waals surface area contributed by atoms with E-state index in [-0.39, 0.29) is 11.4 Å².